The molecular formula is C30H38Cl2N4O6S. The number of benzene rings is 2. The zero-order valence-electron chi connectivity index (χ0n) is 24.4. The zero-order valence-corrected chi connectivity index (χ0v) is 26.8. The first-order chi connectivity index (χ1) is 20.5. The number of H-pyrrole nitrogens is 2. The van der Waals surface area contributed by atoms with E-state index < -0.39 is 21.2 Å². The molecule has 0 saturated heterocycles. The molecule has 43 heavy (non-hydrogen) atoms. The number of carboxylic acids is 1. The Balaban J connectivity index is 0.000000195. The Morgan fingerprint density at radius 3 is 1.67 bits per heavy atom. The van der Waals surface area contributed by atoms with Gasteiger partial charge in [-0.15, -0.1) is 0 Å². The Kier molecular flexibility index (Phi) is 13.0. The number of aliphatic carboxylic acids is 1. The van der Waals surface area contributed by atoms with Crippen molar-refractivity contribution in [2.45, 2.75) is 64.7 Å². The van der Waals surface area contributed by atoms with E-state index in [1.54, 1.807) is 6.92 Å². The fourth-order valence-corrected chi connectivity index (χ4v) is 5.47. The fourth-order valence-electron chi connectivity index (χ4n) is 5.47. The van der Waals surface area contributed by atoms with Gasteiger partial charge in [-0.2, -0.15) is 0 Å². The molecule has 4 heterocycles. The lowest BCUT2D eigenvalue weighted by molar-refractivity contribution is -0.146. The summed E-state index contributed by atoms with van der Waals surface area (Å²) in [5, 5.41) is 25.5. The number of carbonyl (C=O) groups is 2. The molecule has 4 atom stereocenters. The number of nitrogens with one attached hydrogen (secondary N) is 4. The monoisotopic (exact) mass is 652 g/mol. The first-order valence-corrected chi connectivity index (χ1v) is 16.8. The van der Waals surface area contributed by atoms with Crippen LogP contribution >= 0.6 is 21.4 Å². The topological polar surface area (TPSA) is 157 Å². The van der Waals surface area contributed by atoms with Gasteiger partial charge in [0.05, 0.1) is 6.61 Å². The lowest BCUT2D eigenvalue weighted by atomic mass is 9.95. The van der Waals surface area contributed by atoms with Crippen molar-refractivity contribution in [3.05, 3.63) is 71.0 Å². The average Bonchev–Trinajstić information content (AvgIpc) is 3.53. The van der Waals surface area contributed by atoms with E-state index in [4.69, 9.17) is 19.2 Å². The van der Waals surface area contributed by atoms with Crippen LogP contribution in [0.2, 0.25) is 0 Å². The van der Waals surface area contributed by atoms with Crippen LogP contribution in [0, 0.1) is 0 Å². The number of aliphatic hydroxyl groups is 1. The van der Waals surface area contributed by atoms with Gasteiger partial charge in [0.15, 0.2) is 0 Å². The summed E-state index contributed by atoms with van der Waals surface area (Å²) >= 11 is 0. The van der Waals surface area contributed by atoms with Crippen LogP contribution in [0.25, 0.3) is 21.8 Å². The normalized spacial score (nSPS) is 20.4. The van der Waals surface area contributed by atoms with Gasteiger partial charge in [0.1, 0.15) is 12.1 Å². The van der Waals surface area contributed by atoms with Crippen molar-refractivity contribution in [1.29, 1.82) is 0 Å². The molecule has 0 saturated carbocycles. The van der Waals surface area contributed by atoms with E-state index in [1.807, 2.05) is 50.2 Å². The lowest BCUT2D eigenvalue weighted by Gasteiger charge is -2.27. The Hall–Kier alpha value is -2.93. The smallest absolute Gasteiger partial charge is 0.323 e. The molecule has 6 N–H and O–H groups in total. The maximum atomic E-state index is 11.9. The van der Waals surface area contributed by atoms with Crippen molar-refractivity contribution in [2.24, 2.45) is 0 Å². The minimum atomic E-state index is -1.67. The molecule has 0 bridgehead atoms. The van der Waals surface area contributed by atoms with Gasteiger partial charge in [-0.25, -0.2) is 4.21 Å². The molecule has 0 spiro atoms. The number of carboxylic acid groups (broad SMARTS) is 1. The lowest BCUT2D eigenvalue weighted by Crippen LogP contribution is -2.44. The molecule has 0 amide bonds. The third kappa shape index (κ3) is 8.81. The van der Waals surface area contributed by atoms with Crippen LogP contribution in [-0.4, -0.2) is 61.6 Å². The van der Waals surface area contributed by atoms with E-state index in [1.165, 1.54) is 16.6 Å². The number of ether oxygens (including phenoxy) is 1. The number of fused-ring (bicyclic) bond motifs is 6. The number of aliphatic hydroxyl groups excluding tert-OH is 1. The molecule has 0 fully saturated rings. The van der Waals surface area contributed by atoms with Gasteiger partial charge in [-0.1, -0.05) is 36.4 Å². The highest BCUT2D eigenvalue weighted by atomic mass is 36.0. The number of rotatable bonds is 3. The molecule has 6 rings (SSSR count). The molecule has 234 valence electrons. The van der Waals surface area contributed by atoms with Crippen LogP contribution < -0.4 is 10.6 Å². The summed E-state index contributed by atoms with van der Waals surface area (Å²) in [6.07, 6.45) is 1.22. The van der Waals surface area contributed by atoms with Gasteiger partial charge in [0, 0.05) is 86.1 Å². The molecule has 2 aliphatic rings. The number of hydrogen-bond donors (Lipinski definition) is 6. The second-order valence-corrected chi connectivity index (χ2v) is 12.5. The predicted octanol–water partition coefficient (Wildman–Crippen LogP) is 5.18. The fraction of sp³-hybridized carbons (Fsp3) is 0.400. The molecular weight excluding hydrogens is 615 g/mol. The SMILES string of the molecule is CCO.CCOC(=O)[C@@H]1Cc2c([nH]c3ccccc23)[C@H](C)N1.C[C@@H]1N[C@H](C(=O)O)Cc2c1[nH]c1ccccc21.O=S(Cl)Cl. The summed E-state index contributed by atoms with van der Waals surface area (Å²) in [6.45, 7) is 8.25. The van der Waals surface area contributed by atoms with Gasteiger partial charge in [-0.05, 0) is 51.0 Å². The summed E-state index contributed by atoms with van der Waals surface area (Å²) in [4.78, 5) is 29.8. The van der Waals surface area contributed by atoms with E-state index in [2.05, 4.69) is 61.0 Å². The van der Waals surface area contributed by atoms with Gasteiger partial charge in [0.25, 0.3) is 0 Å². The number of para-hydroxylation sites is 2. The second-order valence-electron chi connectivity index (χ2n) is 10.0. The van der Waals surface area contributed by atoms with Gasteiger partial charge in [0.2, 0.25) is 9.23 Å². The first kappa shape index (κ1) is 34.6. The molecule has 0 aliphatic carbocycles. The van der Waals surface area contributed by atoms with Crippen molar-refractivity contribution in [2.75, 3.05) is 13.2 Å². The highest BCUT2D eigenvalue weighted by Crippen LogP contribution is 2.32. The van der Waals surface area contributed by atoms with E-state index >= 15 is 0 Å². The van der Waals surface area contributed by atoms with Crippen molar-refractivity contribution in [3.8, 4) is 0 Å². The van der Waals surface area contributed by atoms with Crippen molar-refractivity contribution in [3.63, 3.8) is 0 Å². The summed E-state index contributed by atoms with van der Waals surface area (Å²) in [7, 11) is 7.36. The van der Waals surface area contributed by atoms with Gasteiger partial charge >= 0.3 is 11.9 Å². The summed E-state index contributed by atoms with van der Waals surface area (Å²) in [5.41, 5.74) is 6.88. The van der Waals surface area contributed by atoms with E-state index in [0.29, 0.717) is 19.4 Å². The van der Waals surface area contributed by atoms with Crippen molar-refractivity contribution in [1.82, 2.24) is 20.6 Å². The molecule has 10 nitrogen and oxygen atoms in total. The number of esters is 1. The van der Waals surface area contributed by atoms with Crippen LogP contribution in [0.5, 0.6) is 0 Å². The zero-order chi connectivity index (χ0) is 31.7. The molecule has 4 aromatic rings. The number of halogens is 2. The summed E-state index contributed by atoms with van der Waals surface area (Å²) in [5.74, 6) is -0.946. The largest absolute Gasteiger partial charge is 0.480 e. The van der Waals surface area contributed by atoms with Crippen LogP contribution in [-0.2, 0) is 36.4 Å². The molecule has 0 radical (unpaired) electrons. The maximum Gasteiger partial charge on any atom is 0.323 e. The third-order valence-electron chi connectivity index (χ3n) is 7.15. The molecule has 13 heteroatoms. The second kappa shape index (κ2) is 16.2. The number of aromatic nitrogens is 2. The predicted molar refractivity (Wildman–Crippen MR) is 172 cm³/mol. The van der Waals surface area contributed by atoms with Crippen LogP contribution in [0.3, 0.4) is 0 Å². The van der Waals surface area contributed by atoms with E-state index in [9.17, 15) is 9.59 Å². The third-order valence-corrected chi connectivity index (χ3v) is 7.15. The number of hydrogen-bond acceptors (Lipinski definition) is 7. The van der Waals surface area contributed by atoms with E-state index in [0.717, 1.165) is 27.7 Å². The number of carbonyl (C=O) groups excluding carboxylic acids is 1. The Morgan fingerprint density at radius 1 is 0.860 bits per heavy atom. The Morgan fingerprint density at radius 2 is 1.26 bits per heavy atom. The Bertz CT molecular complexity index is 1550. The van der Waals surface area contributed by atoms with Crippen LogP contribution in [0.15, 0.2) is 48.5 Å². The molecule has 0 unspecified atom stereocenters. The standard InChI is InChI=1S/C15H18N2O2.C13H14N2O2.C2H6O.Cl2OS/c1-3-19-15(18)13-8-11-10-6-4-5-7-12(10)17-14(11)9(2)16-13;1-7-12-9(6-11(14-7)13(16)17)8-4-2-3-5-10(8)15-12;1-2-3;1-4(2)3/h4-7,9,13,16-17H,3,8H2,1-2H3;2-5,7,11,14-15H,6H2,1H3,(H,16,17);3H,2H2,1H3;/t9-,13-;7-,11-;;/m00../s1. The summed E-state index contributed by atoms with van der Waals surface area (Å²) in [6, 6.07) is 15.7. The summed E-state index contributed by atoms with van der Waals surface area (Å²) < 4.78 is 14.2. The van der Waals surface area contributed by atoms with Crippen molar-refractivity contribution < 1.29 is 28.7 Å². The minimum Gasteiger partial charge on any atom is -0.480 e. The van der Waals surface area contributed by atoms with Crippen LogP contribution in [0.4, 0.5) is 0 Å². The highest BCUT2D eigenvalue weighted by Gasteiger charge is 2.32. The van der Waals surface area contributed by atoms with Crippen LogP contribution in [0.1, 0.15) is 62.3 Å². The average molecular weight is 654 g/mol. The molecule has 2 aliphatic heterocycles. The molecule has 2 aromatic heterocycles. The van der Waals surface area contributed by atoms with Gasteiger partial charge in [-0.3, -0.25) is 20.2 Å². The Labute approximate surface area is 261 Å². The first-order valence-electron chi connectivity index (χ1n) is 14.0. The van der Waals surface area contributed by atoms with Crippen molar-refractivity contribution >= 4 is 64.3 Å². The number of aromatic amines is 2. The van der Waals surface area contributed by atoms with Gasteiger partial charge < -0.3 is 24.9 Å². The van der Waals surface area contributed by atoms with E-state index in [-0.39, 0.29) is 30.7 Å². The maximum absolute atomic E-state index is 11.9. The highest BCUT2D eigenvalue weighted by molar-refractivity contribution is 8.26. The quantitative estimate of drug-likeness (QED) is 0.131. The molecule has 2 aromatic carbocycles. The minimum absolute atomic E-state index is 0.0484.